The first-order valence-electron chi connectivity index (χ1n) is 19.7. The molecule has 4 aromatic carbocycles. The van der Waals surface area contributed by atoms with Crippen LogP contribution in [-0.4, -0.2) is 117 Å². The Hall–Kier alpha value is -5.04. The van der Waals surface area contributed by atoms with Crippen molar-refractivity contribution in [2.45, 2.75) is 57.8 Å². The Labute approximate surface area is 331 Å². The first-order valence-corrected chi connectivity index (χ1v) is 19.7. The van der Waals surface area contributed by atoms with Crippen molar-refractivity contribution < 1.29 is 24.0 Å². The maximum atomic E-state index is 14.9. The Morgan fingerprint density at radius 3 is 2.39 bits per heavy atom. The molecule has 300 valence electrons. The zero-order valence-corrected chi connectivity index (χ0v) is 33.9. The number of rotatable bonds is 15. The predicted octanol–water partition coefficient (Wildman–Crippen LogP) is 6.76. The van der Waals surface area contributed by atoms with E-state index in [1.807, 2.05) is 89.4 Å². The molecule has 2 aliphatic rings. The average Bonchev–Trinajstić information content (AvgIpc) is 3.36. The number of nitrogens with zero attached hydrogens (tertiary/aromatic N) is 6. The first kappa shape index (κ1) is 42.1. The second-order valence-corrected chi connectivity index (χ2v) is 14.8. The minimum Gasteiger partial charge on any atom is -0.482 e. The Balaban J connectivity index is 0.00000295. The molecule has 0 radical (unpaired) electrons. The topological polar surface area (TPSA) is 112 Å². The minimum absolute atomic E-state index is 0.0974. The zero-order chi connectivity index (χ0) is 40.2. The molecule has 0 saturated carbocycles. The largest absolute Gasteiger partial charge is 0.482 e. The summed E-state index contributed by atoms with van der Waals surface area (Å²) in [6, 6.07) is 26.5. The van der Waals surface area contributed by atoms with Gasteiger partial charge in [-0.25, -0.2) is 0 Å². The number of ether oxygens (including phenoxy) is 2. The minimum atomic E-state index is -1.15. The fraction of sp³-hybridized carbons (Fsp3) is 0.455. The molecular weight excluding hydrogens is 709 g/mol. The van der Waals surface area contributed by atoms with Crippen LogP contribution in [0.25, 0.3) is 10.8 Å². The van der Waals surface area contributed by atoms with E-state index in [2.05, 4.69) is 34.1 Å². The van der Waals surface area contributed by atoms with Crippen molar-refractivity contribution >= 4 is 34.5 Å². The number of likely N-dealkylation sites (tertiary alicyclic amines) is 1. The lowest BCUT2D eigenvalue weighted by molar-refractivity contribution is -0.386. The number of carbonyl (C=O) groups is 2. The van der Waals surface area contributed by atoms with Crippen LogP contribution in [0.1, 0.15) is 55.8 Å². The van der Waals surface area contributed by atoms with Gasteiger partial charge in [-0.15, -0.1) is 0 Å². The highest BCUT2D eigenvalue weighted by molar-refractivity contribution is 5.97. The van der Waals surface area contributed by atoms with E-state index in [0.29, 0.717) is 39.1 Å². The van der Waals surface area contributed by atoms with Crippen molar-refractivity contribution in [3.8, 4) is 5.75 Å². The smallest absolute Gasteiger partial charge is 0.310 e. The molecule has 2 saturated heterocycles. The average molecular weight is 767 g/mol. The molecule has 2 amide bonds. The Bertz CT molecular complexity index is 1920. The highest BCUT2D eigenvalue weighted by atomic mass is 16.6. The van der Waals surface area contributed by atoms with Crippen LogP contribution in [0, 0.1) is 10.1 Å². The first-order chi connectivity index (χ1) is 27.1. The number of nitro groups is 1. The normalized spacial score (nSPS) is 18.6. The number of carbonyl (C=O) groups excluding carboxylic acids is 2. The monoisotopic (exact) mass is 766 g/mol. The summed E-state index contributed by atoms with van der Waals surface area (Å²) in [6.45, 7) is 9.24. The third kappa shape index (κ3) is 9.66. The molecular formula is C44H58N6O6. The van der Waals surface area contributed by atoms with Crippen LogP contribution in [0.5, 0.6) is 5.75 Å². The number of benzene rings is 4. The molecule has 2 fully saturated rings. The van der Waals surface area contributed by atoms with Crippen molar-refractivity contribution in [1.29, 1.82) is 0 Å². The van der Waals surface area contributed by atoms with Gasteiger partial charge in [0.1, 0.15) is 12.1 Å². The molecule has 2 atom stereocenters. The number of fused-ring (bicyclic) bond motifs is 1. The Kier molecular flexibility index (Phi) is 14.8. The summed E-state index contributed by atoms with van der Waals surface area (Å²) in [5, 5.41) is 14.1. The van der Waals surface area contributed by atoms with E-state index in [4.69, 9.17) is 9.47 Å². The molecule has 0 aromatic heterocycles. The van der Waals surface area contributed by atoms with Gasteiger partial charge in [-0.1, -0.05) is 80.6 Å². The lowest BCUT2D eigenvalue weighted by Crippen LogP contribution is -2.61. The third-order valence-corrected chi connectivity index (χ3v) is 10.8. The quantitative estimate of drug-likeness (QED) is 0.0736. The standard InChI is InChI=1S/C42H52N6O6.C2H6/c1-43(2)37-18-16-36(34-13-8-9-14-35(34)37)38-19-20-42(47(38)31-49,41(50)45(4)22-23-46-21-10-25-53-26-24-46)30-44(3)28-33-15-17-39(48(51)52)40(27-33)54-29-32-11-6-5-7-12-32;1-2/h5-9,11-18,27,31,38H,10,19-26,28-30H2,1-4H3;1-2H3/t38?,42-;/m1./s1. The lowest BCUT2D eigenvalue weighted by Gasteiger charge is -2.42. The van der Waals surface area contributed by atoms with E-state index in [-0.39, 0.29) is 36.5 Å². The van der Waals surface area contributed by atoms with E-state index in [0.717, 1.165) is 65.7 Å². The third-order valence-electron chi connectivity index (χ3n) is 10.8. The van der Waals surface area contributed by atoms with Crippen molar-refractivity contribution in [3.05, 3.63) is 112 Å². The van der Waals surface area contributed by atoms with Crippen LogP contribution in [0.3, 0.4) is 0 Å². The number of hydrogen-bond donors (Lipinski definition) is 0. The van der Waals surface area contributed by atoms with Gasteiger partial charge in [0.15, 0.2) is 5.75 Å². The molecule has 2 aliphatic heterocycles. The summed E-state index contributed by atoms with van der Waals surface area (Å²) in [5.41, 5.74) is 2.54. The molecule has 2 heterocycles. The predicted molar refractivity (Wildman–Crippen MR) is 222 cm³/mol. The molecule has 0 spiro atoms. The van der Waals surface area contributed by atoms with E-state index >= 15 is 0 Å². The van der Waals surface area contributed by atoms with Gasteiger partial charge in [-0.2, -0.15) is 0 Å². The fourth-order valence-corrected chi connectivity index (χ4v) is 8.10. The number of hydrogen-bond acceptors (Lipinski definition) is 9. The van der Waals surface area contributed by atoms with Crippen LogP contribution in [-0.2, 0) is 27.5 Å². The van der Waals surface area contributed by atoms with Crippen LogP contribution in [0.15, 0.2) is 84.9 Å². The van der Waals surface area contributed by atoms with Crippen molar-refractivity contribution in [1.82, 2.24) is 19.6 Å². The van der Waals surface area contributed by atoms with E-state index in [9.17, 15) is 19.7 Å². The molecule has 56 heavy (non-hydrogen) atoms. The van der Waals surface area contributed by atoms with E-state index < -0.39 is 10.5 Å². The molecule has 4 aromatic rings. The van der Waals surface area contributed by atoms with Gasteiger partial charge in [0.2, 0.25) is 12.3 Å². The Morgan fingerprint density at radius 2 is 1.68 bits per heavy atom. The van der Waals surface area contributed by atoms with Gasteiger partial charge in [0, 0.05) is 84.2 Å². The number of likely N-dealkylation sites (N-methyl/N-ethyl adjacent to an activating group) is 2. The summed E-state index contributed by atoms with van der Waals surface area (Å²) in [7, 11) is 7.80. The van der Waals surface area contributed by atoms with Gasteiger partial charge < -0.3 is 24.2 Å². The summed E-state index contributed by atoms with van der Waals surface area (Å²) in [5.74, 6) is 0.0857. The van der Waals surface area contributed by atoms with Gasteiger partial charge in [0.25, 0.3) is 0 Å². The fourth-order valence-electron chi connectivity index (χ4n) is 8.10. The molecule has 0 N–H and O–H groups in total. The van der Waals surface area contributed by atoms with Crippen LogP contribution in [0.4, 0.5) is 11.4 Å². The summed E-state index contributed by atoms with van der Waals surface area (Å²) in [6.07, 6.45) is 2.92. The summed E-state index contributed by atoms with van der Waals surface area (Å²) < 4.78 is 11.6. The molecule has 1 unspecified atom stereocenters. The number of anilines is 1. The SMILES string of the molecule is CC.CN(Cc1ccc([N+](=O)[O-])c(OCc2ccccc2)c1)C[C@@]1(C(=O)N(C)CCN2CCCOCC2)CCC(c2ccc(N(C)C)c3ccccc23)N1C=O. The summed E-state index contributed by atoms with van der Waals surface area (Å²) in [4.78, 5) is 49.8. The number of amides is 2. The lowest BCUT2D eigenvalue weighted by atomic mass is 9.93. The van der Waals surface area contributed by atoms with Crippen LogP contribution in [0.2, 0.25) is 0 Å². The maximum absolute atomic E-state index is 14.9. The van der Waals surface area contributed by atoms with Gasteiger partial charge in [-0.3, -0.25) is 29.5 Å². The second-order valence-electron chi connectivity index (χ2n) is 14.8. The van der Waals surface area contributed by atoms with E-state index in [1.54, 1.807) is 21.9 Å². The van der Waals surface area contributed by atoms with Crippen molar-refractivity contribution in [2.24, 2.45) is 0 Å². The molecule has 12 heteroatoms. The number of nitro benzene ring substituents is 1. The molecule has 12 nitrogen and oxygen atoms in total. The van der Waals surface area contributed by atoms with Crippen molar-refractivity contribution in [3.63, 3.8) is 0 Å². The van der Waals surface area contributed by atoms with Crippen LogP contribution >= 0.6 is 0 Å². The highest BCUT2D eigenvalue weighted by Gasteiger charge is 2.53. The second kappa shape index (κ2) is 19.7. The van der Waals surface area contributed by atoms with Crippen LogP contribution < -0.4 is 9.64 Å². The summed E-state index contributed by atoms with van der Waals surface area (Å²) >= 11 is 0. The van der Waals surface area contributed by atoms with E-state index in [1.165, 1.54) is 6.07 Å². The van der Waals surface area contributed by atoms with Gasteiger partial charge in [-0.05, 0) is 60.5 Å². The van der Waals surface area contributed by atoms with Gasteiger partial charge >= 0.3 is 5.69 Å². The van der Waals surface area contributed by atoms with Crippen molar-refractivity contribution in [2.75, 3.05) is 79.0 Å². The highest BCUT2D eigenvalue weighted by Crippen LogP contribution is 2.46. The molecule has 0 aliphatic carbocycles. The zero-order valence-electron chi connectivity index (χ0n) is 33.9. The molecule has 0 bridgehead atoms. The maximum Gasteiger partial charge on any atom is 0.310 e. The Morgan fingerprint density at radius 1 is 0.946 bits per heavy atom. The molecule has 6 rings (SSSR count). The van der Waals surface area contributed by atoms with Gasteiger partial charge in [0.05, 0.1) is 17.6 Å².